The fourth-order valence-electron chi connectivity index (χ4n) is 2.52. The highest BCUT2D eigenvalue weighted by atomic mass is 31.2. The summed E-state index contributed by atoms with van der Waals surface area (Å²) in [7, 11) is -3.07. The third-order valence-electron chi connectivity index (χ3n) is 3.62. The summed E-state index contributed by atoms with van der Waals surface area (Å²) < 4.78 is 34.9. The van der Waals surface area contributed by atoms with Crippen LogP contribution in [0.5, 0.6) is 5.75 Å². The Morgan fingerprint density at radius 3 is 2.57 bits per heavy atom. The van der Waals surface area contributed by atoms with Crippen LogP contribution in [0.1, 0.15) is 44.5 Å². The van der Waals surface area contributed by atoms with E-state index in [4.69, 9.17) is 18.5 Å². The van der Waals surface area contributed by atoms with Crippen molar-refractivity contribution in [3.05, 3.63) is 23.0 Å². The fraction of sp³-hybridized carbons (Fsp3) is 0.688. The van der Waals surface area contributed by atoms with Crippen molar-refractivity contribution in [2.75, 3.05) is 19.4 Å². The molecule has 0 saturated carbocycles. The Morgan fingerprint density at radius 1 is 1.30 bits per heavy atom. The number of hydrogen-bond acceptors (Lipinski definition) is 6. The van der Waals surface area contributed by atoms with Gasteiger partial charge in [-0.3, -0.25) is 9.55 Å². The second-order valence-corrected chi connectivity index (χ2v) is 8.07. The van der Waals surface area contributed by atoms with Crippen molar-refractivity contribution in [3.63, 3.8) is 0 Å². The minimum Gasteiger partial charge on any atom is -0.461 e. The zero-order valence-electron chi connectivity index (χ0n) is 14.5. The van der Waals surface area contributed by atoms with Gasteiger partial charge in [-0.1, -0.05) is 0 Å². The van der Waals surface area contributed by atoms with E-state index in [0.717, 1.165) is 22.6 Å². The quantitative estimate of drug-likeness (QED) is 0.701. The summed E-state index contributed by atoms with van der Waals surface area (Å²) in [5, 5.41) is 0. The molecule has 0 amide bonds. The van der Waals surface area contributed by atoms with E-state index >= 15 is 0 Å². The molecule has 2 heterocycles. The zero-order valence-corrected chi connectivity index (χ0v) is 15.4. The minimum absolute atomic E-state index is 0.315. The third-order valence-corrected chi connectivity index (χ3v) is 5.70. The Labute approximate surface area is 138 Å². The molecule has 0 spiro atoms. The van der Waals surface area contributed by atoms with Crippen LogP contribution < -0.4 is 4.74 Å². The summed E-state index contributed by atoms with van der Waals surface area (Å²) in [5.41, 5.74) is 2.76. The lowest BCUT2D eigenvalue weighted by molar-refractivity contribution is -0.180. The van der Waals surface area contributed by atoms with Gasteiger partial charge < -0.3 is 18.5 Å². The molecule has 0 bridgehead atoms. The largest absolute Gasteiger partial charge is 0.461 e. The molecule has 23 heavy (non-hydrogen) atoms. The summed E-state index contributed by atoms with van der Waals surface area (Å²) in [4.78, 5) is 4.40. The van der Waals surface area contributed by atoms with Gasteiger partial charge in [0.2, 0.25) is 5.79 Å². The van der Waals surface area contributed by atoms with Gasteiger partial charge in [0.05, 0.1) is 31.7 Å². The van der Waals surface area contributed by atoms with E-state index in [2.05, 4.69) is 4.98 Å². The lowest BCUT2D eigenvalue weighted by Crippen LogP contribution is -2.36. The average molecular weight is 343 g/mol. The number of rotatable bonds is 7. The highest BCUT2D eigenvalue weighted by Gasteiger charge is 2.31. The van der Waals surface area contributed by atoms with Crippen LogP contribution in [0, 0.1) is 6.92 Å². The molecule has 0 aromatic carbocycles. The van der Waals surface area contributed by atoms with Crippen LogP contribution >= 0.6 is 7.60 Å². The second-order valence-electron chi connectivity index (χ2n) is 5.89. The zero-order chi connectivity index (χ0) is 17.1. The van der Waals surface area contributed by atoms with Crippen molar-refractivity contribution < 1.29 is 23.1 Å². The second kappa shape index (κ2) is 7.31. The number of fused-ring (bicyclic) bond motifs is 1. The molecule has 130 valence electrons. The van der Waals surface area contributed by atoms with Crippen LogP contribution in [-0.2, 0) is 31.4 Å². The van der Waals surface area contributed by atoms with E-state index in [1.165, 1.54) is 0 Å². The van der Waals surface area contributed by atoms with Crippen LogP contribution in [0.2, 0.25) is 0 Å². The van der Waals surface area contributed by atoms with Crippen molar-refractivity contribution in [3.8, 4) is 5.75 Å². The van der Waals surface area contributed by atoms with Gasteiger partial charge in [0.1, 0.15) is 5.75 Å². The predicted molar refractivity (Wildman–Crippen MR) is 87.9 cm³/mol. The molecule has 1 aliphatic rings. The summed E-state index contributed by atoms with van der Waals surface area (Å²) in [6.45, 7) is 10.5. The number of aryl methyl sites for hydroxylation is 2. The van der Waals surface area contributed by atoms with E-state index in [1.54, 1.807) is 6.20 Å². The molecule has 7 heteroatoms. The maximum Gasteiger partial charge on any atom is 0.330 e. The van der Waals surface area contributed by atoms with Gasteiger partial charge in [0.15, 0.2) is 0 Å². The lowest BCUT2D eigenvalue weighted by atomic mass is 10.0. The molecule has 1 aromatic heterocycles. The molecular formula is C16H26NO5P. The standard InChI is InChI=1S/C16H26NO5P/c1-6-20-23(18,21-7-2)9-8-13-10-17-12(3)15-14(13)11-19-16(4,5)22-15/h10H,6-9,11H2,1-5H3. The van der Waals surface area contributed by atoms with E-state index in [0.29, 0.717) is 32.4 Å². The van der Waals surface area contributed by atoms with Crippen molar-refractivity contribution in [2.45, 2.75) is 53.4 Å². The first-order valence-corrected chi connectivity index (χ1v) is 9.71. The molecule has 0 fully saturated rings. The topological polar surface area (TPSA) is 66.9 Å². The normalized spacial score (nSPS) is 16.7. The van der Waals surface area contributed by atoms with Gasteiger partial charge in [-0.25, -0.2) is 0 Å². The van der Waals surface area contributed by atoms with Gasteiger partial charge in [0, 0.05) is 25.6 Å². The van der Waals surface area contributed by atoms with Gasteiger partial charge in [0.25, 0.3) is 0 Å². The highest BCUT2D eigenvalue weighted by Crippen LogP contribution is 2.48. The number of pyridine rings is 1. The van der Waals surface area contributed by atoms with E-state index in [9.17, 15) is 4.57 Å². The summed E-state index contributed by atoms with van der Waals surface area (Å²) in [6, 6.07) is 0. The van der Waals surface area contributed by atoms with Crippen molar-refractivity contribution >= 4 is 7.60 Å². The van der Waals surface area contributed by atoms with Crippen molar-refractivity contribution in [1.29, 1.82) is 0 Å². The molecule has 2 rings (SSSR count). The highest BCUT2D eigenvalue weighted by molar-refractivity contribution is 7.53. The molecule has 0 unspecified atom stereocenters. The molecule has 6 nitrogen and oxygen atoms in total. The van der Waals surface area contributed by atoms with Crippen molar-refractivity contribution in [2.24, 2.45) is 0 Å². The first kappa shape index (κ1) is 18.4. The Morgan fingerprint density at radius 2 is 1.96 bits per heavy atom. The molecule has 0 atom stereocenters. The molecule has 1 aliphatic heterocycles. The van der Waals surface area contributed by atoms with Crippen LogP contribution in [0.25, 0.3) is 0 Å². The van der Waals surface area contributed by atoms with Gasteiger partial charge in [-0.2, -0.15) is 0 Å². The smallest absolute Gasteiger partial charge is 0.330 e. The van der Waals surface area contributed by atoms with Crippen LogP contribution in [0.3, 0.4) is 0 Å². The van der Waals surface area contributed by atoms with Gasteiger partial charge in [-0.05, 0) is 32.8 Å². The monoisotopic (exact) mass is 343 g/mol. The van der Waals surface area contributed by atoms with Gasteiger partial charge in [-0.15, -0.1) is 0 Å². The summed E-state index contributed by atoms with van der Waals surface area (Å²) in [5.74, 6) is 0.102. The van der Waals surface area contributed by atoms with Crippen LogP contribution in [0.15, 0.2) is 6.20 Å². The number of ether oxygens (including phenoxy) is 2. The molecule has 0 N–H and O–H groups in total. The lowest BCUT2D eigenvalue weighted by Gasteiger charge is -2.34. The molecule has 0 aliphatic carbocycles. The Hall–Kier alpha value is -0.940. The first-order chi connectivity index (χ1) is 10.8. The average Bonchev–Trinajstić information content (AvgIpc) is 2.47. The predicted octanol–water partition coefficient (Wildman–Crippen LogP) is 3.84. The fourth-order valence-corrected chi connectivity index (χ4v) is 4.16. The Bertz CT molecular complexity index is 592. The van der Waals surface area contributed by atoms with E-state index in [-0.39, 0.29) is 0 Å². The Kier molecular flexibility index (Phi) is 5.84. The SMILES string of the molecule is CCOP(=O)(CCc1cnc(C)c2c1COC(C)(C)O2)OCC. The summed E-state index contributed by atoms with van der Waals surface area (Å²) >= 11 is 0. The van der Waals surface area contributed by atoms with Gasteiger partial charge >= 0.3 is 7.60 Å². The first-order valence-electron chi connectivity index (χ1n) is 7.98. The summed E-state index contributed by atoms with van der Waals surface area (Å²) in [6.07, 6.45) is 2.65. The van der Waals surface area contributed by atoms with Crippen LogP contribution in [-0.4, -0.2) is 30.1 Å². The molecule has 0 saturated heterocycles. The Balaban J connectivity index is 2.20. The van der Waals surface area contributed by atoms with E-state index in [1.807, 2.05) is 34.6 Å². The maximum atomic E-state index is 12.6. The molecule has 1 aromatic rings. The van der Waals surface area contributed by atoms with Crippen LogP contribution in [0.4, 0.5) is 0 Å². The number of aromatic nitrogens is 1. The van der Waals surface area contributed by atoms with E-state index < -0.39 is 13.4 Å². The third kappa shape index (κ3) is 4.54. The number of hydrogen-bond donors (Lipinski definition) is 0. The molecular weight excluding hydrogens is 317 g/mol. The molecule has 0 radical (unpaired) electrons. The van der Waals surface area contributed by atoms with Crippen molar-refractivity contribution in [1.82, 2.24) is 4.98 Å². The maximum absolute atomic E-state index is 12.6. The minimum atomic E-state index is -3.07. The number of nitrogens with zero attached hydrogens (tertiary/aromatic N) is 1.